The Hall–Kier alpha value is -2.35. The van der Waals surface area contributed by atoms with Crippen LogP contribution in [-0.2, 0) is 14.9 Å². The van der Waals surface area contributed by atoms with Crippen molar-refractivity contribution in [2.45, 2.75) is 25.7 Å². The van der Waals surface area contributed by atoms with E-state index in [4.69, 9.17) is 8.71 Å². The second-order valence-corrected chi connectivity index (χ2v) is 5.88. The second kappa shape index (κ2) is 5.57. The number of anilines is 1. The molecule has 0 unspecified atom stereocenters. The summed E-state index contributed by atoms with van der Waals surface area (Å²) >= 11 is 0. The van der Waals surface area contributed by atoms with E-state index < -0.39 is 10.1 Å². The van der Waals surface area contributed by atoms with Gasteiger partial charge in [-0.3, -0.25) is 4.79 Å². The average molecular weight is 310 g/mol. The van der Waals surface area contributed by atoms with Crippen LogP contribution in [0.2, 0.25) is 0 Å². The average Bonchev–Trinajstić information content (AvgIpc) is 2.71. The summed E-state index contributed by atoms with van der Waals surface area (Å²) in [6.07, 6.45) is 0. The molecule has 0 spiro atoms. The van der Waals surface area contributed by atoms with E-state index in [9.17, 15) is 13.2 Å². The van der Waals surface area contributed by atoms with Gasteiger partial charge in [0, 0.05) is 12.6 Å². The molecule has 0 bridgehead atoms. The van der Waals surface area contributed by atoms with Crippen molar-refractivity contribution >= 4 is 21.7 Å². The minimum atomic E-state index is -4.01. The van der Waals surface area contributed by atoms with E-state index in [0.717, 1.165) is 0 Å². The summed E-state index contributed by atoms with van der Waals surface area (Å²) in [7, 11) is -4.01. The first kappa shape index (κ1) is 15.0. The summed E-state index contributed by atoms with van der Waals surface area (Å²) in [4.78, 5) is 10.8. The Morgan fingerprint density at radius 3 is 2.33 bits per heavy atom. The van der Waals surface area contributed by atoms with Gasteiger partial charge < -0.3 is 14.0 Å². The molecule has 0 radical (unpaired) electrons. The van der Waals surface area contributed by atoms with Gasteiger partial charge in [-0.05, 0) is 38.1 Å². The van der Waals surface area contributed by atoms with Gasteiger partial charge in [0.15, 0.2) is 10.7 Å². The van der Waals surface area contributed by atoms with Crippen molar-refractivity contribution in [1.29, 1.82) is 0 Å². The summed E-state index contributed by atoms with van der Waals surface area (Å²) in [6, 6.07) is 5.97. The van der Waals surface area contributed by atoms with E-state index in [1.165, 1.54) is 32.9 Å². The Labute approximate surface area is 122 Å². The molecule has 21 heavy (non-hydrogen) atoms. The van der Waals surface area contributed by atoms with Gasteiger partial charge in [-0.2, -0.15) is 8.42 Å². The maximum Gasteiger partial charge on any atom is 0.344 e. The topological polar surface area (TPSA) is 98.5 Å². The van der Waals surface area contributed by atoms with E-state index in [1.807, 2.05) is 0 Å². The zero-order valence-electron chi connectivity index (χ0n) is 11.7. The third-order valence-corrected chi connectivity index (χ3v) is 4.09. The molecule has 2 aromatic rings. The molecule has 0 aliphatic carbocycles. The van der Waals surface area contributed by atoms with Crippen LogP contribution in [0.5, 0.6) is 5.75 Å². The van der Waals surface area contributed by atoms with Crippen LogP contribution in [0.25, 0.3) is 0 Å². The van der Waals surface area contributed by atoms with Crippen molar-refractivity contribution in [3.05, 3.63) is 35.7 Å². The van der Waals surface area contributed by atoms with Crippen molar-refractivity contribution in [1.82, 2.24) is 5.16 Å². The van der Waals surface area contributed by atoms with Gasteiger partial charge in [-0.15, -0.1) is 0 Å². The summed E-state index contributed by atoms with van der Waals surface area (Å²) in [5.41, 5.74) is 0.784. The molecule has 1 N–H and O–H groups in total. The van der Waals surface area contributed by atoms with Crippen LogP contribution in [0.4, 0.5) is 5.69 Å². The lowest BCUT2D eigenvalue weighted by Crippen LogP contribution is -2.11. The molecule has 8 heteroatoms. The number of amides is 1. The second-order valence-electron chi connectivity index (χ2n) is 4.40. The van der Waals surface area contributed by atoms with Gasteiger partial charge in [-0.25, -0.2) is 0 Å². The number of benzene rings is 1. The number of carbonyl (C=O) groups is 1. The van der Waals surface area contributed by atoms with Crippen LogP contribution < -0.4 is 9.50 Å². The number of aromatic nitrogens is 1. The molecule has 0 atom stereocenters. The van der Waals surface area contributed by atoms with Gasteiger partial charge in [0.05, 0.1) is 0 Å². The molecule has 1 aromatic carbocycles. The molecule has 0 saturated carbocycles. The van der Waals surface area contributed by atoms with Crippen molar-refractivity contribution in [2.75, 3.05) is 5.32 Å². The van der Waals surface area contributed by atoms with Gasteiger partial charge >= 0.3 is 10.1 Å². The molecule has 1 amide bonds. The maximum absolute atomic E-state index is 12.2. The molecular weight excluding hydrogens is 296 g/mol. The van der Waals surface area contributed by atoms with Crippen LogP contribution in [0.1, 0.15) is 18.4 Å². The molecule has 1 aromatic heterocycles. The summed E-state index contributed by atoms with van der Waals surface area (Å²) < 4.78 is 34.2. The maximum atomic E-state index is 12.2. The first-order valence-electron chi connectivity index (χ1n) is 6.04. The van der Waals surface area contributed by atoms with Crippen molar-refractivity contribution in [2.24, 2.45) is 0 Å². The van der Waals surface area contributed by atoms with Crippen LogP contribution in [0.3, 0.4) is 0 Å². The minimum absolute atomic E-state index is 0.0755. The zero-order valence-corrected chi connectivity index (χ0v) is 12.5. The van der Waals surface area contributed by atoms with Crippen molar-refractivity contribution in [3.63, 3.8) is 0 Å². The predicted octanol–water partition coefficient (Wildman–Crippen LogP) is 2.02. The Morgan fingerprint density at radius 2 is 1.86 bits per heavy atom. The number of aryl methyl sites for hydroxylation is 2. The third-order valence-electron chi connectivity index (χ3n) is 2.60. The molecule has 7 nitrogen and oxygen atoms in total. The van der Waals surface area contributed by atoms with Crippen LogP contribution >= 0.6 is 0 Å². The van der Waals surface area contributed by atoms with E-state index >= 15 is 0 Å². The first-order valence-corrected chi connectivity index (χ1v) is 7.45. The Bertz CT molecular complexity index is 743. The smallest absolute Gasteiger partial charge is 0.344 e. The molecule has 2 rings (SSSR count). The number of hydrogen-bond acceptors (Lipinski definition) is 6. The predicted molar refractivity (Wildman–Crippen MR) is 74.5 cm³/mol. The van der Waals surface area contributed by atoms with Crippen molar-refractivity contribution in [3.8, 4) is 5.75 Å². The van der Waals surface area contributed by atoms with E-state index in [-0.39, 0.29) is 28.0 Å². The molecule has 1 heterocycles. The lowest BCUT2D eigenvalue weighted by molar-refractivity contribution is -0.114. The molecule has 0 aliphatic heterocycles. The molecule has 0 saturated heterocycles. The first-order chi connectivity index (χ1) is 9.79. The van der Waals surface area contributed by atoms with Gasteiger partial charge in [0.2, 0.25) is 5.91 Å². The van der Waals surface area contributed by atoms with Crippen LogP contribution in [0.15, 0.2) is 33.7 Å². The molecule has 0 aliphatic rings. The fourth-order valence-electron chi connectivity index (χ4n) is 1.80. The van der Waals surface area contributed by atoms with Gasteiger partial charge in [0.1, 0.15) is 11.4 Å². The number of rotatable bonds is 4. The summed E-state index contributed by atoms with van der Waals surface area (Å²) in [6.45, 7) is 4.40. The normalized spacial score (nSPS) is 11.2. The Morgan fingerprint density at radius 1 is 1.24 bits per heavy atom. The highest BCUT2D eigenvalue weighted by Gasteiger charge is 2.26. The standard InChI is InChI=1S/C13H14N2O5S/c1-8-13(9(2)19-15-8)21(17,18)20-12-6-4-11(5-7-12)14-10(3)16/h4-7H,1-3H3,(H,14,16). The zero-order chi connectivity index (χ0) is 15.6. The number of carbonyl (C=O) groups excluding carboxylic acids is 1. The minimum Gasteiger partial charge on any atom is -0.379 e. The van der Waals surface area contributed by atoms with Gasteiger partial charge in [-0.1, -0.05) is 5.16 Å². The monoisotopic (exact) mass is 310 g/mol. The highest BCUT2D eigenvalue weighted by molar-refractivity contribution is 7.87. The summed E-state index contributed by atoms with van der Waals surface area (Å²) in [5, 5.41) is 6.16. The SMILES string of the molecule is CC(=O)Nc1ccc(OS(=O)(=O)c2c(C)noc2C)cc1. The number of nitrogens with one attached hydrogen (secondary N) is 1. The fourth-order valence-corrected chi connectivity index (χ4v) is 3.03. The van der Waals surface area contributed by atoms with Crippen LogP contribution in [-0.4, -0.2) is 19.5 Å². The largest absolute Gasteiger partial charge is 0.379 e. The lowest BCUT2D eigenvalue weighted by atomic mass is 10.3. The fraction of sp³-hybridized carbons (Fsp3) is 0.231. The quantitative estimate of drug-likeness (QED) is 0.867. The highest BCUT2D eigenvalue weighted by Crippen LogP contribution is 2.24. The van der Waals surface area contributed by atoms with E-state index in [0.29, 0.717) is 5.69 Å². The van der Waals surface area contributed by atoms with Gasteiger partial charge in [0.25, 0.3) is 0 Å². The Kier molecular flexibility index (Phi) is 3.99. The molecular formula is C13H14N2O5S. The van der Waals surface area contributed by atoms with E-state index in [2.05, 4.69) is 10.5 Å². The number of hydrogen-bond donors (Lipinski definition) is 1. The van der Waals surface area contributed by atoms with Crippen molar-refractivity contribution < 1.29 is 21.9 Å². The highest BCUT2D eigenvalue weighted by atomic mass is 32.2. The Balaban J connectivity index is 2.23. The van der Waals surface area contributed by atoms with Crippen LogP contribution in [0, 0.1) is 13.8 Å². The van der Waals surface area contributed by atoms with E-state index in [1.54, 1.807) is 12.1 Å². The lowest BCUT2D eigenvalue weighted by Gasteiger charge is -2.07. The molecule has 112 valence electrons. The molecule has 0 fully saturated rings. The number of nitrogens with zero attached hydrogens (tertiary/aromatic N) is 1. The summed E-state index contributed by atoms with van der Waals surface area (Å²) in [5.74, 6) is 0.0819. The third kappa shape index (κ3) is 3.40.